The summed E-state index contributed by atoms with van der Waals surface area (Å²) in [5.41, 5.74) is 6.70. The van der Waals surface area contributed by atoms with E-state index in [1.165, 1.54) is 14.0 Å². The molecule has 2 atom stereocenters. The van der Waals surface area contributed by atoms with Crippen LogP contribution in [0.3, 0.4) is 0 Å². The molecule has 41 heavy (non-hydrogen) atoms. The highest BCUT2D eigenvalue weighted by molar-refractivity contribution is 7.80. The molecule has 1 fully saturated rings. The highest BCUT2D eigenvalue weighted by Gasteiger charge is 2.42. The average Bonchev–Trinajstić information content (AvgIpc) is 3.47. The van der Waals surface area contributed by atoms with Gasteiger partial charge >= 0.3 is 5.97 Å². The van der Waals surface area contributed by atoms with E-state index in [9.17, 15) is 9.59 Å². The van der Waals surface area contributed by atoms with Gasteiger partial charge in [0.05, 0.1) is 43.2 Å². The first-order valence-corrected chi connectivity index (χ1v) is 13.5. The zero-order chi connectivity index (χ0) is 29.3. The molecular formula is C31H31N5O4S. The van der Waals surface area contributed by atoms with Crippen molar-refractivity contribution in [1.82, 2.24) is 14.9 Å². The van der Waals surface area contributed by atoms with Crippen molar-refractivity contribution in [2.24, 2.45) is 0 Å². The van der Waals surface area contributed by atoms with Crippen molar-refractivity contribution < 1.29 is 19.1 Å². The largest absolute Gasteiger partial charge is 0.495 e. The van der Waals surface area contributed by atoms with Gasteiger partial charge in [-0.25, -0.2) is 4.79 Å². The van der Waals surface area contributed by atoms with E-state index in [4.69, 9.17) is 21.7 Å². The third-order valence-electron chi connectivity index (χ3n) is 7.21. The number of methoxy groups -OCH3 is 2. The molecule has 1 aliphatic heterocycles. The Labute approximate surface area is 244 Å². The maximum Gasteiger partial charge on any atom is 0.337 e. The van der Waals surface area contributed by atoms with Crippen LogP contribution in [0.4, 0.5) is 11.4 Å². The van der Waals surface area contributed by atoms with Crippen molar-refractivity contribution >= 4 is 40.6 Å². The fourth-order valence-corrected chi connectivity index (χ4v) is 5.78. The number of hydrogen-bond donors (Lipinski definition) is 2. The Balaban J connectivity index is 1.64. The molecule has 0 aliphatic carbocycles. The van der Waals surface area contributed by atoms with Gasteiger partial charge in [-0.3, -0.25) is 9.78 Å². The molecule has 1 saturated heterocycles. The van der Waals surface area contributed by atoms with Crippen molar-refractivity contribution in [2.45, 2.75) is 32.9 Å². The highest BCUT2D eigenvalue weighted by atomic mass is 32.1. The molecule has 4 aromatic rings. The number of nitrogens with one attached hydrogen (secondary N) is 2. The third kappa shape index (κ3) is 5.26. The van der Waals surface area contributed by atoms with Crippen LogP contribution in [0.15, 0.2) is 72.9 Å². The predicted octanol–water partition coefficient (Wildman–Crippen LogP) is 5.42. The van der Waals surface area contributed by atoms with Gasteiger partial charge < -0.3 is 29.6 Å². The van der Waals surface area contributed by atoms with Gasteiger partial charge in [-0.05, 0) is 92.3 Å². The molecule has 9 nitrogen and oxygen atoms in total. The zero-order valence-corrected chi connectivity index (χ0v) is 24.3. The number of anilines is 2. The third-order valence-corrected chi connectivity index (χ3v) is 7.52. The molecule has 0 unspecified atom stereocenters. The normalized spacial score (nSPS) is 16.3. The Morgan fingerprint density at radius 1 is 1.00 bits per heavy atom. The monoisotopic (exact) mass is 569 g/mol. The average molecular weight is 570 g/mol. The van der Waals surface area contributed by atoms with Crippen LogP contribution in [0.5, 0.6) is 5.75 Å². The van der Waals surface area contributed by atoms with Gasteiger partial charge in [-0.15, -0.1) is 0 Å². The van der Waals surface area contributed by atoms with Crippen LogP contribution in [-0.4, -0.2) is 40.8 Å². The lowest BCUT2D eigenvalue weighted by Gasteiger charge is -2.29. The molecule has 2 N–H and O–H groups in total. The van der Waals surface area contributed by atoms with Crippen molar-refractivity contribution in [2.75, 3.05) is 24.4 Å². The molecular weight excluding hydrogens is 538 g/mol. The first-order valence-electron chi connectivity index (χ1n) is 13.1. The molecule has 0 saturated carbocycles. The highest BCUT2D eigenvalue weighted by Crippen LogP contribution is 2.45. The van der Waals surface area contributed by atoms with Crippen molar-refractivity contribution in [3.63, 3.8) is 0 Å². The number of esters is 1. The smallest absolute Gasteiger partial charge is 0.337 e. The van der Waals surface area contributed by atoms with E-state index in [0.717, 1.165) is 34.0 Å². The number of carbonyl (C=O) groups excluding carboxylic acids is 2. The summed E-state index contributed by atoms with van der Waals surface area (Å²) >= 11 is 5.91. The van der Waals surface area contributed by atoms with E-state index in [1.54, 1.807) is 25.4 Å². The van der Waals surface area contributed by atoms with Crippen LogP contribution < -0.4 is 20.3 Å². The summed E-state index contributed by atoms with van der Waals surface area (Å²) < 4.78 is 12.5. The number of hydrogen-bond acceptors (Lipinski definition) is 6. The first kappa shape index (κ1) is 27.9. The number of amides is 1. The Morgan fingerprint density at radius 2 is 1.73 bits per heavy atom. The lowest BCUT2D eigenvalue weighted by Crippen LogP contribution is -2.29. The van der Waals surface area contributed by atoms with Crippen LogP contribution in [-0.2, 0) is 9.53 Å². The number of thiocarbonyl (C=S) groups is 1. The second-order valence-electron chi connectivity index (χ2n) is 9.76. The summed E-state index contributed by atoms with van der Waals surface area (Å²) in [6, 6.07) is 20.4. The van der Waals surface area contributed by atoms with E-state index in [0.29, 0.717) is 22.1 Å². The van der Waals surface area contributed by atoms with Gasteiger partial charge in [0.1, 0.15) is 5.75 Å². The molecule has 1 aliphatic rings. The Kier molecular flexibility index (Phi) is 7.76. The second-order valence-corrected chi connectivity index (χ2v) is 10.1. The summed E-state index contributed by atoms with van der Waals surface area (Å²) in [7, 11) is 2.93. The molecule has 2 aromatic heterocycles. The molecule has 3 heterocycles. The molecule has 0 spiro atoms. The van der Waals surface area contributed by atoms with Crippen molar-refractivity contribution in [3.05, 3.63) is 101 Å². The van der Waals surface area contributed by atoms with Gasteiger partial charge in [0.25, 0.3) is 0 Å². The number of aromatic nitrogens is 2. The van der Waals surface area contributed by atoms with Crippen LogP contribution in [0.2, 0.25) is 0 Å². The Hall–Kier alpha value is -4.70. The van der Waals surface area contributed by atoms with E-state index in [1.807, 2.05) is 55.5 Å². The summed E-state index contributed by atoms with van der Waals surface area (Å²) in [4.78, 5) is 30.6. The predicted molar refractivity (Wildman–Crippen MR) is 162 cm³/mol. The minimum absolute atomic E-state index is 0.202. The zero-order valence-electron chi connectivity index (χ0n) is 23.5. The quantitative estimate of drug-likeness (QED) is 0.225. The number of nitrogens with zero attached hydrogens (tertiary/aromatic N) is 3. The van der Waals surface area contributed by atoms with E-state index >= 15 is 0 Å². The summed E-state index contributed by atoms with van der Waals surface area (Å²) in [6.07, 6.45) is 1.77. The Bertz CT molecular complexity index is 1620. The Morgan fingerprint density at radius 3 is 2.37 bits per heavy atom. The topological polar surface area (TPSA) is 97.7 Å². The molecule has 2 aromatic carbocycles. The van der Waals surface area contributed by atoms with E-state index in [2.05, 4.69) is 38.1 Å². The maximum absolute atomic E-state index is 12.0. The minimum Gasteiger partial charge on any atom is -0.495 e. The summed E-state index contributed by atoms with van der Waals surface area (Å²) in [6.45, 7) is 5.58. The fraction of sp³-hybridized carbons (Fsp3) is 0.226. The van der Waals surface area contributed by atoms with Gasteiger partial charge in [0.2, 0.25) is 5.91 Å². The van der Waals surface area contributed by atoms with Crippen LogP contribution in [0.1, 0.15) is 52.0 Å². The lowest BCUT2D eigenvalue weighted by atomic mass is 9.96. The molecule has 0 radical (unpaired) electrons. The maximum atomic E-state index is 12.0. The number of carbonyl (C=O) groups is 2. The standard InChI is InChI=1S/C31H31N5O4S/c1-18-16-24(19(2)35(18)22-11-9-21(10-12-22)30(38)40-5)29-28(25-8-6-7-15-32-25)34-31(41)36(29)23-13-14-27(39-4)26(17-23)33-20(3)37/h6-17,28-29H,1-5H3,(H,33,37)(H,34,41)/t28-,29+/m0/s1. The van der Waals surface area contributed by atoms with Crippen molar-refractivity contribution in [3.8, 4) is 11.4 Å². The van der Waals surface area contributed by atoms with Crippen LogP contribution >= 0.6 is 12.2 Å². The number of aryl methyl sites for hydroxylation is 1. The molecule has 10 heteroatoms. The number of benzene rings is 2. The first-order chi connectivity index (χ1) is 19.7. The van der Waals surface area contributed by atoms with E-state index in [-0.39, 0.29) is 24.0 Å². The summed E-state index contributed by atoms with van der Waals surface area (Å²) in [5.74, 6) is -0.0311. The van der Waals surface area contributed by atoms with E-state index < -0.39 is 0 Å². The molecule has 210 valence electrons. The van der Waals surface area contributed by atoms with Gasteiger partial charge in [0.15, 0.2) is 5.11 Å². The summed E-state index contributed by atoms with van der Waals surface area (Å²) in [5, 5.41) is 6.89. The fourth-order valence-electron chi connectivity index (χ4n) is 5.43. The second kappa shape index (κ2) is 11.4. The minimum atomic E-state index is -0.379. The SMILES string of the molecule is COC(=O)c1ccc(-n2c(C)cc([C@@H]3[C@H](c4ccccn4)NC(=S)N3c3ccc(OC)c(NC(C)=O)c3)c2C)cc1. The van der Waals surface area contributed by atoms with Gasteiger partial charge in [-0.1, -0.05) is 6.07 Å². The van der Waals surface area contributed by atoms with Gasteiger partial charge in [-0.2, -0.15) is 0 Å². The number of ether oxygens (including phenoxy) is 2. The molecule has 5 rings (SSSR count). The van der Waals surface area contributed by atoms with Crippen molar-refractivity contribution in [1.29, 1.82) is 0 Å². The lowest BCUT2D eigenvalue weighted by molar-refractivity contribution is -0.114. The number of pyridine rings is 1. The van der Waals surface area contributed by atoms with Gasteiger partial charge in [0, 0.05) is 35.9 Å². The molecule has 1 amide bonds. The number of rotatable bonds is 7. The molecule has 0 bridgehead atoms. The van der Waals surface area contributed by atoms with Crippen LogP contribution in [0, 0.1) is 13.8 Å². The van der Waals surface area contributed by atoms with Crippen LogP contribution in [0.25, 0.3) is 5.69 Å².